The average molecular weight is 281 g/mol. The van der Waals surface area contributed by atoms with Crippen molar-refractivity contribution in [3.05, 3.63) is 29.6 Å². The maximum atomic E-state index is 5.94. The molecule has 1 rings (SSSR count). The fourth-order valence-corrected chi connectivity index (χ4v) is 2.94. The van der Waals surface area contributed by atoms with Crippen molar-refractivity contribution in [3.63, 3.8) is 0 Å². The van der Waals surface area contributed by atoms with Gasteiger partial charge >= 0.3 is 0 Å². The fourth-order valence-electron chi connectivity index (χ4n) is 2.21. The number of pyridine rings is 1. The van der Waals surface area contributed by atoms with E-state index in [-0.39, 0.29) is 0 Å². The number of nitrogens with two attached hydrogens (primary N) is 1. The fraction of sp³-hybridized carbons (Fsp3) is 0.667. The number of nitrogens with zero attached hydrogens (tertiary/aromatic N) is 2. The molecule has 1 aromatic rings. The van der Waals surface area contributed by atoms with E-state index in [4.69, 9.17) is 5.73 Å². The van der Waals surface area contributed by atoms with E-state index < -0.39 is 0 Å². The van der Waals surface area contributed by atoms with E-state index in [1.54, 1.807) is 0 Å². The molecule has 0 aliphatic heterocycles. The first-order valence-electron chi connectivity index (χ1n) is 7.15. The van der Waals surface area contributed by atoms with Gasteiger partial charge in [0.2, 0.25) is 0 Å². The summed E-state index contributed by atoms with van der Waals surface area (Å²) in [5.41, 5.74) is 8.17. The van der Waals surface area contributed by atoms with Crippen molar-refractivity contribution < 1.29 is 0 Å². The van der Waals surface area contributed by atoms with Crippen LogP contribution in [-0.4, -0.2) is 40.5 Å². The Bertz CT molecular complexity index is 357. The van der Waals surface area contributed by atoms with Gasteiger partial charge in [-0.05, 0) is 43.5 Å². The first-order chi connectivity index (χ1) is 9.21. The van der Waals surface area contributed by atoms with Crippen LogP contribution >= 0.6 is 11.8 Å². The molecule has 19 heavy (non-hydrogen) atoms. The van der Waals surface area contributed by atoms with E-state index in [1.165, 1.54) is 11.5 Å². The van der Waals surface area contributed by atoms with E-state index in [1.807, 2.05) is 24.8 Å². The van der Waals surface area contributed by atoms with Crippen LogP contribution in [0.25, 0.3) is 0 Å². The van der Waals surface area contributed by atoms with Crippen molar-refractivity contribution in [2.24, 2.45) is 5.73 Å². The van der Waals surface area contributed by atoms with Crippen LogP contribution in [0.2, 0.25) is 0 Å². The van der Waals surface area contributed by atoms with Gasteiger partial charge in [-0.15, -0.1) is 0 Å². The van der Waals surface area contributed by atoms with Gasteiger partial charge in [-0.2, -0.15) is 11.8 Å². The number of likely N-dealkylation sites (N-methyl/N-ethyl adjacent to an activating group) is 1. The third-order valence-corrected chi connectivity index (χ3v) is 4.24. The number of aryl methyl sites for hydroxylation is 1. The van der Waals surface area contributed by atoms with Crippen LogP contribution in [0.15, 0.2) is 18.2 Å². The van der Waals surface area contributed by atoms with Gasteiger partial charge < -0.3 is 5.73 Å². The second-order valence-electron chi connectivity index (χ2n) is 4.71. The third-order valence-electron chi connectivity index (χ3n) is 3.31. The van der Waals surface area contributed by atoms with Gasteiger partial charge in [0.1, 0.15) is 0 Å². The number of hydrogen-bond donors (Lipinski definition) is 1. The molecule has 0 aliphatic carbocycles. The van der Waals surface area contributed by atoms with Gasteiger partial charge in [0.15, 0.2) is 0 Å². The molecule has 0 amide bonds. The molecule has 1 atom stereocenters. The second-order valence-corrected chi connectivity index (χ2v) is 6.10. The standard InChI is InChI=1S/C15H27N3S/c1-4-18(15(11-16)9-10-19-5-2)12-14-8-6-7-13(3)17-14/h6-8,15H,4-5,9-12,16H2,1-3H3. The predicted molar refractivity (Wildman–Crippen MR) is 85.5 cm³/mol. The summed E-state index contributed by atoms with van der Waals surface area (Å²) in [6.07, 6.45) is 1.16. The smallest absolute Gasteiger partial charge is 0.0547 e. The molecule has 3 nitrogen and oxygen atoms in total. The largest absolute Gasteiger partial charge is 0.329 e. The van der Waals surface area contributed by atoms with Crippen molar-refractivity contribution in [2.75, 3.05) is 24.6 Å². The molecule has 0 aliphatic rings. The van der Waals surface area contributed by atoms with Gasteiger partial charge in [0, 0.05) is 24.8 Å². The Morgan fingerprint density at radius 3 is 2.74 bits per heavy atom. The minimum Gasteiger partial charge on any atom is -0.329 e. The van der Waals surface area contributed by atoms with Crippen molar-refractivity contribution in [3.8, 4) is 0 Å². The molecule has 0 aromatic carbocycles. The molecule has 1 unspecified atom stereocenters. The van der Waals surface area contributed by atoms with E-state index in [2.05, 4.69) is 35.9 Å². The lowest BCUT2D eigenvalue weighted by molar-refractivity contribution is 0.195. The van der Waals surface area contributed by atoms with Crippen LogP contribution in [0.5, 0.6) is 0 Å². The first kappa shape index (κ1) is 16.5. The van der Waals surface area contributed by atoms with Gasteiger partial charge in [0.05, 0.1) is 5.69 Å². The average Bonchev–Trinajstić information content (AvgIpc) is 2.42. The van der Waals surface area contributed by atoms with Crippen molar-refractivity contribution in [2.45, 2.75) is 39.8 Å². The molecule has 0 saturated carbocycles. The summed E-state index contributed by atoms with van der Waals surface area (Å²) < 4.78 is 0. The Labute approximate surface area is 122 Å². The van der Waals surface area contributed by atoms with E-state index in [9.17, 15) is 0 Å². The summed E-state index contributed by atoms with van der Waals surface area (Å²) in [5, 5.41) is 0. The molecular weight excluding hydrogens is 254 g/mol. The summed E-state index contributed by atoms with van der Waals surface area (Å²) in [6.45, 7) is 9.09. The lowest BCUT2D eigenvalue weighted by atomic mass is 10.1. The Morgan fingerprint density at radius 2 is 2.16 bits per heavy atom. The molecule has 2 N–H and O–H groups in total. The quantitative estimate of drug-likeness (QED) is 0.707. The molecule has 0 spiro atoms. The van der Waals surface area contributed by atoms with Gasteiger partial charge in [0.25, 0.3) is 0 Å². The highest BCUT2D eigenvalue weighted by molar-refractivity contribution is 7.99. The highest BCUT2D eigenvalue weighted by atomic mass is 32.2. The molecule has 0 radical (unpaired) electrons. The topological polar surface area (TPSA) is 42.1 Å². The lowest BCUT2D eigenvalue weighted by Gasteiger charge is -2.29. The van der Waals surface area contributed by atoms with E-state index in [0.29, 0.717) is 6.04 Å². The minimum absolute atomic E-state index is 0.464. The zero-order valence-corrected chi connectivity index (χ0v) is 13.2. The van der Waals surface area contributed by atoms with Crippen molar-refractivity contribution in [1.29, 1.82) is 0 Å². The predicted octanol–water partition coefficient (Wildman–Crippen LogP) is 2.68. The number of aromatic nitrogens is 1. The molecule has 108 valence electrons. The molecular formula is C15H27N3S. The van der Waals surface area contributed by atoms with Gasteiger partial charge in [-0.1, -0.05) is 19.9 Å². The van der Waals surface area contributed by atoms with Crippen molar-refractivity contribution >= 4 is 11.8 Å². The highest BCUT2D eigenvalue weighted by Crippen LogP contribution is 2.12. The maximum absolute atomic E-state index is 5.94. The van der Waals surface area contributed by atoms with Gasteiger partial charge in [-0.3, -0.25) is 9.88 Å². The summed E-state index contributed by atoms with van der Waals surface area (Å²) in [5.74, 6) is 2.37. The molecule has 4 heteroatoms. The summed E-state index contributed by atoms with van der Waals surface area (Å²) in [4.78, 5) is 7.03. The summed E-state index contributed by atoms with van der Waals surface area (Å²) >= 11 is 1.99. The van der Waals surface area contributed by atoms with Crippen LogP contribution in [0.3, 0.4) is 0 Å². The normalized spacial score (nSPS) is 12.9. The Hall–Kier alpha value is -0.580. The first-order valence-corrected chi connectivity index (χ1v) is 8.31. The molecule has 0 bridgehead atoms. The number of rotatable bonds is 9. The van der Waals surface area contributed by atoms with E-state index >= 15 is 0 Å². The van der Waals surface area contributed by atoms with Crippen LogP contribution in [-0.2, 0) is 6.54 Å². The van der Waals surface area contributed by atoms with Crippen LogP contribution < -0.4 is 5.73 Å². The highest BCUT2D eigenvalue weighted by Gasteiger charge is 2.16. The SMILES string of the molecule is CCSCCC(CN)N(CC)Cc1cccc(C)n1. The number of hydrogen-bond acceptors (Lipinski definition) is 4. The van der Waals surface area contributed by atoms with Crippen LogP contribution in [0.1, 0.15) is 31.7 Å². The minimum atomic E-state index is 0.464. The van der Waals surface area contributed by atoms with E-state index in [0.717, 1.165) is 37.4 Å². The molecule has 0 fully saturated rings. The molecule has 0 saturated heterocycles. The zero-order valence-electron chi connectivity index (χ0n) is 12.4. The van der Waals surface area contributed by atoms with Crippen LogP contribution in [0, 0.1) is 6.92 Å². The van der Waals surface area contributed by atoms with Crippen LogP contribution in [0.4, 0.5) is 0 Å². The monoisotopic (exact) mass is 281 g/mol. The number of thioether (sulfide) groups is 1. The lowest BCUT2D eigenvalue weighted by Crippen LogP contribution is -2.40. The van der Waals surface area contributed by atoms with Crippen molar-refractivity contribution in [1.82, 2.24) is 9.88 Å². The Kier molecular flexibility index (Phi) is 8.10. The zero-order chi connectivity index (χ0) is 14.1. The Morgan fingerprint density at radius 1 is 1.37 bits per heavy atom. The maximum Gasteiger partial charge on any atom is 0.0547 e. The summed E-state index contributed by atoms with van der Waals surface area (Å²) in [6, 6.07) is 6.68. The Balaban J connectivity index is 2.59. The molecule has 1 heterocycles. The summed E-state index contributed by atoms with van der Waals surface area (Å²) in [7, 11) is 0. The molecule has 1 aromatic heterocycles. The van der Waals surface area contributed by atoms with Gasteiger partial charge in [-0.25, -0.2) is 0 Å². The third kappa shape index (κ3) is 5.93. The second kappa shape index (κ2) is 9.34.